The standard InChI is InChI=1S/C23H28N6O3/c1-31-19-5-4-17(16-20(19)32-2)8-12-24-23(30)18-9-14-28(15-10-18)21-6-7-22(27-26-21)29-13-3-11-25-29/h3-7,11,13,16,18H,8-10,12,14-15H2,1-2H3,(H,24,30). The number of nitrogens with zero attached hydrogens (tertiary/aromatic N) is 5. The van der Waals surface area contributed by atoms with Crippen LogP contribution in [0, 0.1) is 5.92 Å². The van der Waals surface area contributed by atoms with Crippen LogP contribution in [0.4, 0.5) is 5.82 Å². The van der Waals surface area contributed by atoms with Gasteiger partial charge in [0.2, 0.25) is 5.91 Å². The van der Waals surface area contributed by atoms with Crippen molar-refractivity contribution < 1.29 is 14.3 Å². The average Bonchev–Trinajstić information content (AvgIpc) is 3.39. The number of anilines is 1. The van der Waals surface area contributed by atoms with Gasteiger partial charge in [0, 0.05) is 37.9 Å². The maximum atomic E-state index is 12.6. The number of hydrogen-bond acceptors (Lipinski definition) is 7. The molecule has 0 radical (unpaired) electrons. The molecule has 3 aromatic rings. The highest BCUT2D eigenvalue weighted by Crippen LogP contribution is 2.27. The van der Waals surface area contributed by atoms with E-state index in [-0.39, 0.29) is 11.8 Å². The Labute approximate surface area is 187 Å². The molecule has 1 aliphatic heterocycles. The van der Waals surface area contributed by atoms with Crippen molar-refractivity contribution in [3.8, 4) is 17.3 Å². The molecule has 2 aromatic heterocycles. The predicted octanol–water partition coefficient (Wildman–Crippen LogP) is 2.25. The van der Waals surface area contributed by atoms with Crippen molar-refractivity contribution in [1.29, 1.82) is 0 Å². The molecule has 1 N–H and O–H groups in total. The molecule has 1 aromatic carbocycles. The summed E-state index contributed by atoms with van der Waals surface area (Å²) in [6, 6.07) is 11.5. The number of carbonyl (C=O) groups excluding carboxylic acids is 1. The smallest absolute Gasteiger partial charge is 0.223 e. The minimum Gasteiger partial charge on any atom is -0.493 e. The van der Waals surface area contributed by atoms with Gasteiger partial charge >= 0.3 is 0 Å². The Morgan fingerprint density at radius 1 is 1.06 bits per heavy atom. The summed E-state index contributed by atoms with van der Waals surface area (Å²) in [5.74, 6) is 3.05. The molecular formula is C23H28N6O3. The molecule has 168 valence electrons. The lowest BCUT2D eigenvalue weighted by atomic mass is 9.96. The Balaban J connectivity index is 1.23. The fraction of sp³-hybridized carbons (Fsp3) is 0.391. The summed E-state index contributed by atoms with van der Waals surface area (Å²) in [6.45, 7) is 2.15. The van der Waals surface area contributed by atoms with E-state index in [1.807, 2.05) is 42.6 Å². The third kappa shape index (κ3) is 4.99. The summed E-state index contributed by atoms with van der Waals surface area (Å²) >= 11 is 0. The molecule has 0 bridgehead atoms. The molecule has 0 spiro atoms. The van der Waals surface area contributed by atoms with Gasteiger partial charge in [0.1, 0.15) is 0 Å². The number of carbonyl (C=O) groups is 1. The van der Waals surface area contributed by atoms with Gasteiger partial charge in [0.05, 0.1) is 14.2 Å². The summed E-state index contributed by atoms with van der Waals surface area (Å²) in [5.41, 5.74) is 1.09. The molecule has 0 unspecified atom stereocenters. The minimum absolute atomic E-state index is 0.0213. The van der Waals surface area contributed by atoms with E-state index in [0.717, 1.165) is 43.7 Å². The molecule has 1 fully saturated rings. The SMILES string of the molecule is COc1ccc(CCNC(=O)C2CCN(c3ccc(-n4cccn4)nn3)CC2)cc1OC. The zero-order valence-electron chi connectivity index (χ0n) is 18.4. The van der Waals surface area contributed by atoms with Crippen molar-refractivity contribution in [2.24, 2.45) is 5.92 Å². The van der Waals surface area contributed by atoms with Gasteiger partial charge in [-0.25, -0.2) is 4.68 Å². The van der Waals surface area contributed by atoms with Crippen LogP contribution in [0.3, 0.4) is 0 Å². The van der Waals surface area contributed by atoms with Gasteiger partial charge in [-0.3, -0.25) is 4.79 Å². The third-order valence-corrected chi connectivity index (χ3v) is 5.73. The van der Waals surface area contributed by atoms with Gasteiger partial charge in [-0.15, -0.1) is 10.2 Å². The fourth-order valence-corrected chi connectivity index (χ4v) is 3.89. The molecular weight excluding hydrogens is 408 g/mol. The lowest BCUT2D eigenvalue weighted by Gasteiger charge is -2.31. The van der Waals surface area contributed by atoms with Crippen LogP contribution in [-0.2, 0) is 11.2 Å². The van der Waals surface area contributed by atoms with E-state index < -0.39 is 0 Å². The summed E-state index contributed by atoms with van der Waals surface area (Å²) in [5, 5.41) is 15.8. The van der Waals surface area contributed by atoms with Crippen LogP contribution < -0.4 is 19.7 Å². The number of benzene rings is 1. The van der Waals surface area contributed by atoms with E-state index in [0.29, 0.717) is 23.9 Å². The first-order valence-corrected chi connectivity index (χ1v) is 10.7. The van der Waals surface area contributed by atoms with Gasteiger partial charge in [0.25, 0.3) is 0 Å². The number of piperidine rings is 1. The Hall–Kier alpha value is -3.62. The molecule has 0 aliphatic carbocycles. The Morgan fingerprint density at radius 2 is 1.81 bits per heavy atom. The Morgan fingerprint density at radius 3 is 2.47 bits per heavy atom. The second kappa shape index (κ2) is 10.1. The quantitative estimate of drug-likeness (QED) is 0.579. The number of methoxy groups -OCH3 is 2. The van der Waals surface area contributed by atoms with Crippen LogP contribution in [0.5, 0.6) is 11.5 Å². The normalized spacial score (nSPS) is 14.2. The first-order valence-electron chi connectivity index (χ1n) is 10.7. The van der Waals surface area contributed by atoms with Crippen molar-refractivity contribution in [3.05, 3.63) is 54.4 Å². The fourth-order valence-electron chi connectivity index (χ4n) is 3.89. The zero-order chi connectivity index (χ0) is 22.3. The van der Waals surface area contributed by atoms with E-state index in [2.05, 4.69) is 25.5 Å². The van der Waals surface area contributed by atoms with Crippen molar-refractivity contribution in [3.63, 3.8) is 0 Å². The number of amides is 1. The monoisotopic (exact) mass is 436 g/mol. The van der Waals surface area contributed by atoms with Crippen LogP contribution in [-0.4, -0.2) is 59.7 Å². The number of aromatic nitrogens is 4. The van der Waals surface area contributed by atoms with Crippen LogP contribution in [0.1, 0.15) is 18.4 Å². The van der Waals surface area contributed by atoms with E-state index in [1.54, 1.807) is 25.1 Å². The maximum absolute atomic E-state index is 12.6. The summed E-state index contributed by atoms with van der Waals surface area (Å²) in [6.07, 6.45) is 5.87. The van der Waals surface area contributed by atoms with Gasteiger partial charge in [-0.1, -0.05) is 6.07 Å². The largest absolute Gasteiger partial charge is 0.493 e. The van der Waals surface area contributed by atoms with Crippen molar-refractivity contribution in [2.75, 3.05) is 38.8 Å². The van der Waals surface area contributed by atoms with Crippen LogP contribution >= 0.6 is 0 Å². The minimum atomic E-state index is 0.0213. The second-order valence-electron chi connectivity index (χ2n) is 7.69. The van der Waals surface area contributed by atoms with E-state index in [4.69, 9.17) is 9.47 Å². The van der Waals surface area contributed by atoms with Crippen LogP contribution in [0.2, 0.25) is 0 Å². The van der Waals surface area contributed by atoms with Crippen LogP contribution in [0.25, 0.3) is 5.82 Å². The zero-order valence-corrected chi connectivity index (χ0v) is 18.4. The number of ether oxygens (including phenoxy) is 2. The number of rotatable bonds is 8. The van der Waals surface area contributed by atoms with E-state index >= 15 is 0 Å². The number of hydrogen-bond donors (Lipinski definition) is 1. The van der Waals surface area contributed by atoms with Gasteiger partial charge in [-0.2, -0.15) is 5.10 Å². The van der Waals surface area contributed by atoms with Crippen LogP contribution in [0.15, 0.2) is 48.8 Å². The lowest BCUT2D eigenvalue weighted by molar-refractivity contribution is -0.125. The third-order valence-electron chi connectivity index (χ3n) is 5.73. The molecule has 1 aliphatic rings. The first-order chi connectivity index (χ1) is 15.7. The molecule has 3 heterocycles. The molecule has 0 atom stereocenters. The Bertz CT molecular complexity index is 1010. The van der Waals surface area contributed by atoms with E-state index in [1.165, 1.54) is 0 Å². The second-order valence-corrected chi connectivity index (χ2v) is 7.69. The highest BCUT2D eigenvalue weighted by molar-refractivity contribution is 5.79. The first kappa shape index (κ1) is 21.6. The van der Waals surface area contributed by atoms with Crippen molar-refractivity contribution >= 4 is 11.7 Å². The van der Waals surface area contributed by atoms with Gasteiger partial charge in [-0.05, 0) is 55.2 Å². The molecule has 9 nitrogen and oxygen atoms in total. The average molecular weight is 437 g/mol. The molecule has 9 heteroatoms. The lowest BCUT2D eigenvalue weighted by Crippen LogP contribution is -2.41. The highest BCUT2D eigenvalue weighted by atomic mass is 16.5. The number of nitrogens with one attached hydrogen (secondary N) is 1. The molecule has 1 amide bonds. The van der Waals surface area contributed by atoms with Crippen molar-refractivity contribution in [1.82, 2.24) is 25.3 Å². The van der Waals surface area contributed by atoms with Crippen molar-refractivity contribution in [2.45, 2.75) is 19.3 Å². The summed E-state index contributed by atoms with van der Waals surface area (Å²) in [4.78, 5) is 14.8. The molecule has 4 rings (SSSR count). The highest BCUT2D eigenvalue weighted by Gasteiger charge is 2.25. The van der Waals surface area contributed by atoms with E-state index in [9.17, 15) is 4.79 Å². The summed E-state index contributed by atoms with van der Waals surface area (Å²) < 4.78 is 12.3. The summed E-state index contributed by atoms with van der Waals surface area (Å²) in [7, 11) is 3.24. The Kier molecular flexibility index (Phi) is 6.84. The van der Waals surface area contributed by atoms with Gasteiger partial charge < -0.3 is 19.7 Å². The maximum Gasteiger partial charge on any atom is 0.223 e. The topological polar surface area (TPSA) is 94.4 Å². The molecule has 1 saturated heterocycles. The molecule has 0 saturated carbocycles. The predicted molar refractivity (Wildman–Crippen MR) is 120 cm³/mol. The molecule has 32 heavy (non-hydrogen) atoms. The van der Waals surface area contributed by atoms with Gasteiger partial charge in [0.15, 0.2) is 23.1 Å².